The van der Waals surface area contributed by atoms with Crippen molar-refractivity contribution in [1.29, 1.82) is 0 Å². The van der Waals surface area contributed by atoms with Crippen LogP contribution >= 0.6 is 35.2 Å². The summed E-state index contributed by atoms with van der Waals surface area (Å²) < 4.78 is 0.774. The van der Waals surface area contributed by atoms with Gasteiger partial charge in [0.2, 0.25) is 0 Å². The van der Waals surface area contributed by atoms with E-state index < -0.39 is 0 Å². The van der Waals surface area contributed by atoms with Crippen LogP contribution < -0.4 is 10.2 Å². The summed E-state index contributed by atoms with van der Waals surface area (Å²) in [5.74, 6) is 0. The van der Waals surface area contributed by atoms with Gasteiger partial charge >= 0.3 is 0 Å². The van der Waals surface area contributed by atoms with E-state index in [0.29, 0.717) is 5.11 Å². The number of nitrogens with one attached hydrogen (secondary N) is 1. The number of nitrogens with zero attached hydrogens (tertiary/aromatic N) is 2. The summed E-state index contributed by atoms with van der Waals surface area (Å²) in [5.41, 5.74) is 3.25. The first-order valence-corrected chi connectivity index (χ1v) is 9.56. The molecule has 126 valence electrons. The van der Waals surface area contributed by atoms with Gasteiger partial charge in [-0.15, -0.1) is 11.3 Å². The highest BCUT2D eigenvalue weighted by Gasteiger charge is 2.41. The fourth-order valence-electron chi connectivity index (χ4n) is 3.11. The van der Waals surface area contributed by atoms with E-state index in [1.807, 2.05) is 30.5 Å². The van der Waals surface area contributed by atoms with E-state index in [-0.39, 0.29) is 12.1 Å². The van der Waals surface area contributed by atoms with Gasteiger partial charge in [-0.05, 0) is 55.5 Å². The van der Waals surface area contributed by atoms with Gasteiger partial charge in [-0.3, -0.25) is 4.98 Å². The summed E-state index contributed by atoms with van der Waals surface area (Å²) >= 11 is 13.5. The first-order valence-electron chi connectivity index (χ1n) is 7.96. The molecule has 6 heteroatoms. The zero-order chi connectivity index (χ0) is 17.4. The minimum absolute atomic E-state index is 0.0163. The second-order valence-corrected chi connectivity index (χ2v) is 8.11. The standard InChI is InChI=1S/C19H16ClN3S2/c1-12-5-7-13(8-6-12)23-18(15-9-10-16(20)25-15)17(22-19(23)24)14-4-2-3-11-21-14/h2-11,17-18H,1H3,(H,22,24)/t17-,18+/m1/s1. The molecule has 1 fully saturated rings. The number of hydrogen-bond acceptors (Lipinski definition) is 3. The first-order chi connectivity index (χ1) is 12.1. The number of anilines is 1. The number of hydrogen-bond donors (Lipinski definition) is 1. The zero-order valence-corrected chi connectivity index (χ0v) is 15.9. The molecule has 3 heterocycles. The van der Waals surface area contributed by atoms with Gasteiger partial charge in [-0.2, -0.15) is 0 Å². The zero-order valence-electron chi connectivity index (χ0n) is 13.5. The molecule has 25 heavy (non-hydrogen) atoms. The predicted molar refractivity (Wildman–Crippen MR) is 108 cm³/mol. The molecule has 4 rings (SSSR count). The molecule has 1 N–H and O–H groups in total. The van der Waals surface area contributed by atoms with Gasteiger partial charge in [0.15, 0.2) is 5.11 Å². The van der Waals surface area contributed by atoms with Crippen molar-refractivity contribution in [3.05, 3.63) is 81.3 Å². The topological polar surface area (TPSA) is 28.2 Å². The van der Waals surface area contributed by atoms with Gasteiger partial charge in [0, 0.05) is 16.8 Å². The number of thiocarbonyl (C=S) groups is 1. The maximum atomic E-state index is 6.21. The Morgan fingerprint density at radius 1 is 1.12 bits per heavy atom. The summed E-state index contributed by atoms with van der Waals surface area (Å²) in [6.45, 7) is 2.08. The van der Waals surface area contributed by atoms with Crippen LogP contribution in [0.4, 0.5) is 5.69 Å². The Kier molecular flexibility index (Phi) is 4.46. The van der Waals surface area contributed by atoms with Gasteiger partial charge in [0.1, 0.15) is 0 Å². The average molecular weight is 386 g/mol. The quantitative estimate of drug-likeness (QED) is 0.620. The number of aromatic nitrogens is 1. The lowest BCUT2D eigenvalue weighted by Crippen LogP contribution is -2.29. The summed E-state index contributed by atoms with van der Waals surface area (Å²) in [4.78, 5) is 7.87. The van der Waals surface area contributed by atoms with Gasteiger partial charge in [0.25, 0.3) is 0 Å². The molecule has 1 aliphatic heterocycles. The summed E-state index contributed by atoms with van der Waals surface area (Å²) in [7, 11) is 0. The van der Waals surface area contributed by atoms with Crippen molar-refractivity contribution in [3.8, 4) is 0 Å². The molecule has 1 saturated heterocycles. The Morgan fingerprint density at radius 2 is 1.92 bits per heavy atom. The first kappa shape index (κ1) is 16.5. The Hall–Kier alpha value is -1.95. The Morgan fingerprint density at radius 3 is 2.56 bits per heavy atom. The van der Waals surface area contributed by atoms with Crippen molar-refractivity contribution in [2.24, 2.45) is 0 Å². The lowest BCUT2D eigenvalue weighted by atomic mass is 10.0. The highest BCUT2D eigenvalue weighted by atomic mass is 35.5. The average Bonchev–Trinajstić information content (AvgIpc) is 3.20. The van der Waals surface area contributed by atoms with Crippen LogP contribution in [-0.4, -0.2) is 10.1 Å². The van der Waals surface area contributed by atoms with Crippen molar-refractivity contribution in [1.82, 2.24) is 10.3 Å². The molecule has 0 aliphatic carbocycles. The smallest absolute Gasteiger partial charge is 0.174 e. The number of thiophene rings is 1. The molecule has 2 atom stereocenters. The van der Waals surface area contributed by atoms with E-state index in [9.17, 15) is 0 Å². The summed E-state index contributed by atoms with van der Waals surface area (Å²) in [6.07, 6.45) is 1.81. The number of halogens is 1. The van der Waals surface area contributed by atoms with Gasteiger partial charge in [-0.25, -0.2) is 0 Å². The number of aryl methyl sites for hydroxylation is 1. The maximum Gasteiger partial charge on any atom is 0.174 e. The lowest BCUT2D eigenvalue weighted by Gasteiger charge is -2.27. The van der Waals surface area contributed by atoms with Crippen molar-refractivity contribution >= 4 is 46.0 Å². The second-order valence-electron chi connectivity index (χ2n) is 5.97. The van der Waals surface area contributed by atoms with Crippen molar-refractivity contribution in [2.75, 3.05) is 4.90 Å². The van der Waals surface area contributed by atoms with Crippen LogP contribution in [0.3, 0.4) is 0 Å². The van der Waals surface area contributed by atoms with Crippen LogP contribution in [0.25, 0.3) is 0 Å². The largest absolute Gasteiger partial charge is 0.351 e. The molecule has 0 radical (unpaired) electrons. The highest BCUT2D eigenvalue weighted by molar-refractivity contribution is 7.80. The molecular formula is C19H16ClN3S2. The molecule has 2 aromatic heterocycles. The fraction of sp³-hybridized carbons (Fsp3) is 0.158. The van der Waals surface area contributed by atoms with Crippen molar-refractivity contribution < 1.29 is 0 Å². The number of rotatable bonds is 3. The Balaban J connectivity index is 1.81. The van der Waals surface area contributed by atoms with Crippen molar-refractivity contribution in [2.45, 2.75) is 19.0 Å². The molecule has 3 aromatic rings. The molecule has 0 bridgehead atoms. The third-order valence-electron chi connectivity index (χ3n) is 4.30. The molecule has 0 unspecified atom stereocenters. The predicted octanol–water partition coefficient (Wildman–Crippen LogP) is 5.28. The molecule has 1 aliphatic rings. The molecule has 0 saturated carbocycles. The van der Waals surface area contributed by atoms with Gasteiger partial charge < -0.3 is 10.2 Å². The molecule has 1 aromatic carbocycles. The van der Waals surface area contributed by atoms with Crippen LogP contribution in [0.15, 0.2) is 60.8 Å². The van der Waals surface area contributed by atoms with Gasteiger partial charge in [0.05, 0.1) is 22.1 Å². The molecule has 0 spiro atoms. The van der Waals surface area contributed by atoms with Crippen LogP contribution in [0.5, 0.6) is 0 Å². The minimum atomic E-state index is -0.0234. The molecule has 3 nitrogen and oxygen atoms in total. The third kappa shape index (κ3) is 3.15. The van der Waals surface area contributed by atoms with Crippen LogP contribution in [0, 0.1) is 6.92 Å². The minimum Gasteiger partial charge on any atom is -0.351 e. The monoisotopic (exact) mass is 385 g/mol. The van der Waals surface area contributed by atoms with Crippen LogP contribution in [0.1, 0.15) is 28.2 Å². The third-order valence-corrected chi connectivity index (χ3v) is 5.91. The Labute approximate surface area is 161 Å². The van der Waals surface area contributed by atoms with E-state index in [4.69, 9.17) is 23.8 Å². The maximum absolute atomic E-state index is 6.21. The number of benzene rings is 1. The van der Waals surface area contributed by atoms with Crippen LogP contribution in [0.2, 0.25) is 4.34 Å². The van der Waals surface area contributed by atoms with E-state index in [1.54, 1.807) is 11.3 Å². The van der Waals surface area contributed by atoms with E-state index in [2.05, 4.69) is 52.5 Å². The molecular weight excluding hydrogens is 370 g/mol. The number of pyridine rings is 1. The molecule has 0 amide bonds. The highest BCUT2D eigenvalue weighted by Crippen LogP contribution is 2.44. The van der Waals surface area contributed by atoms with Crippen LogP contribution in [-0.2, 0) is 0 Å². The summed E-state index contributed by atoms with van der Waals surface area (Å²) in [6, 6.07) is 18.4. The normalized spacial score (nSPS) is 19.9. The van der Waals surface area contributed by atoms with Crippen molar-refractivity contribution in [3.63, 3.8) is 0 Å². The lowest BCUT2D eigenvalue weighted by molar-refractivity contribution is 0.575. The van der Waals surface area contributed by atoms with E-state index in [1.165, 1.54) is 5.56 Å². The van der Waals surface area contributed by atoms with Gasteiger partial charge in [-0.1, -0.05) is 35.4 Å². The van der Waals surface area contributed by atoms with E-state index >= 15 is 0 Å². The SMILES string of the molecule is Cc1ccc(N2C(=S)N[C@H](c3ccccn3)[C@@H]2c2ccc(Cl)s2)cc1. The second kappa shape index (κ2) is 6.75. The summed E-state index contributed by atoms with van der Waals surface area (Å²) in [5, 5.41) is 4.15. The van der Waals surface area contributed by atoms with E-state index in [0.717, 1.165) is 20.6 Å². The Bertz CT molecular complexity index is 893. The fourth-order valence-corrected chi connectivity index (χ4v) is 4.65.